The summed E-state index contributed by atoms with van der Waals surface area (Å²) in [4.78, 5) is 12.3. The molecule has 9 heteroatoms. The van der Waals surface area contributed by atoms with Crippen molar-refractivity contribution in [1.82, 2.24) is 15.2 Å². The van der Waals surface area contributed by atoms with E-state index in [1.165, 1.54) is 42.5 Å². The number of nitrogens with zero attached hydrogens (tertiary/aromatic N) is 1. The monoisotopic (exact) mass is 403 g/mol. The second kappa shape index (κ2) is 8.32. The van der Waals surface area contributed by atoms with Crippen molar-refractivity contribution in [3.05, 3.63) is 71.7 Å². The number of hydrogen-bond acceptors (Lipinski definition) is 5. The molecule has 3 aromatic rings. The highest BCUT2D eigenvalue weighted by Crippen LogP contribution is 2.20. The van der Waals surface area contributed by atoms with Crippen LogP contribution in [-0.2, 0) is 10.0 Å². The molecule has 28 heavy (non-hydrogen) atoms. The van der Waals surface area contributed by atoms with Gasteiger partial charge in [-0.3, -0.25) is 4.79 Å². The van der Waals surface area contributed by atoms with E-state index in [1.807, 2.05) is 6.92 Å². The molecule has 0 saturated heterocycles. The molecule has 2 aromatic carbocycles. The van der Waals surface area contributed by atoms with Crippen LogP contribution in [0.3, 0.4) is 0 Å². The number of nitrogens with one attached hydrogen (secondary N) is 2. The predicted molar refractivity (Wildman–Crippen MR) is 101 cm³/mol. The zero-order valence-corrected chi connectivity index (χ0v) is 15.8. The number of amides is 1. The number of benzene rings is 2. The molecule has 1 aromatic heterocycles. The maximum Gasteiger partial charge on any atom is 0.273 e. The Bertz CT molecular complexity index is 1060. The second-order valence-corrected chi connectivity index (χ2v) is 7.82. The first-order valence-corrected chi connectivity index (χ1v) is 9.91. The number of carbonyl (C=O) groups is 1. The molecular weight excluding hydrogens is 385 g/mol. The third-order valence-corrected chi connectivity index (χ3v) is 5.38. The van der Waals surface area contributed by atoms with Crippen LogP contribution in [0.1, 0.15) is 16.1 Å². The van der Waals surface area contributed by atoms with E-state index in [2.05, 4.69) is 15.2 Å². The molecule has 3 rings (SSSR count). The Morgan fingerprint density at radius 3 is 2.43 bits per heavy atom. The van der Waals surface area contributed by atoms with Crippen LogP contribution in [0.15, 0.2) is 64.0 Å². The van der Waals surface area contributed by atoms with Crippen LogP contribution in [0, 0.1) is 12.7 Å². The lowest BCUT2D eigenvalue weighted by Gasteiger charge is -2.07. The molecule has 146 valence electrons. The van der Waals surface area contributed by atoms with Gasteiger partial charge in [0.15, 0.2) is 11.5 Å². The van der Waals surface area contributed by atoms with Gasteiger partial charge in [0.1, 0.15) is 5.82 Å². The Labute approximate surface area is 161 Å². The first-order chi connectivity index (χ1) is 13.3. The summed E-state index contributed by atoms with van der Waals surface area (Å²) in [5.74, 6) is -0.564. The van der Waals surface area contributed by atoms with Gasteiger partial charge in [0.25, 0.3) is 5.91 Å². The lowest BCUT2D eigenvalue weighted by molar-refractivity contribution is 0.0945. The minimum absolute atomic E-state index is 0.0185. The van der Waals surface area contributed by atoms with E-state index >= 15 is 0 Å². The average molecular weight is 403 g/mol. The summed E-state index contributed by atoms with van der Waals surface area (Å²) >= 11 is 0. The minimum Gasteiger partial charge on any atom is -0.355 e. The van der Waals surface area contributed by atoms with E-state index in [1.54, 1.807) is 12.1 Å². The highest BCUT2D eigenvalue weighted by Gasteiger charge is 2.15. The van der Waals surface area contributed by atoms with Gasteiger partial charge in [-0.05, 0) is 43.3 Å². The van der Waals surface area contributed by atoms with Crippen LogP contribution in [0.25, 0.3) is 11.3 Å². The smallest absolute Gasteiger partial charge is 0.273 e. The molecule has 0 spiro atoms. The molecule has 0 fully saturated rings. The lowest BCUT2D eigenvalue weighted by Crippen LogP contribution is -2.34. The Morgan fingerprint density at radius 2 is 1.75 bits per heavy atom. The van der Waals surface area contributed by atoms with Crippen LogP contribution < -0.4 is 10.0 Å². The molecule has 0 unspecified atom stereocenters. The molecule has 2 N–H and O–H groups in total. The van der Waals surface area contributed by atoms with Gasteiger partial charge in [0, 0.05) is 24.7 Å². The SMILES string of the molecule is Cc1ccc(S(=O)(=O)NCCNC(=O)c2cc(-c3ccc(F)cc3)on2)cc1. The summed E-state index contributed by atoms with van der Waals surface area (Å²) in [6, 6.07) is 13.5. The molecule has 1 heterocycles. The number of halogens is 1. The second-order valence-electron chi connectivity index (χ2n) is 6.05. The molecular formula is C19H18FN3O4S. The van der Waals surface area contributed by atoms with Crippen molar-refractivity contribution in [3.8, 4) is 11.3 Å². The third-order valence-electron chi connectivity index (χ3n) is 3.91. The molecule has 0 bridgehead atoms. The van der Waals surface area contributed by atoms with Gasteiger partial charge in [-0.1, -0.05) is 22.9 Å². The Kier molecular flexibility index (Phi) is 5.86. The van der Waals surface area contributed by atoms with Crippen molar-refractivity contribution >= 4 is 15.9 Å². The van der Waals surface area contributed by atoms with Gasteiger partial charge >= 0.3 is 0 Å². The van der Waals surface area contributed by atoms with Gasteiger partial charge < -0.3 is 9.84 Å². The van der Waals surface area contributed by atoms with Crippen LogP contribution in [-0.4, -0.2) is 32.6 Å². The lowest BCUT2D eigenvalue weighted by atomic mass is 10.1. The average Bonchev–Trinajstić information content (AvgIpc) is 3.16. The van der Waals surface area contributed by atoms with E-state index < -0.39 is 15.9 Å². The summed E-state index contributed by atoms with van der Waals surface area (Å²) in [5.41, 5.74) is 1.58. The molecule has 0 aliphatic carbocycles. The van der Waals surface area contributed by atoms with E-state index in [4.69, 9.17) is 4.52 Å². The van der Waals surface area contributed by atoms with Gasteiger partial charge in [-0.25, -0.2) is 17.5 Å². The summed E-state index contributed by atoms with van der Waals surface area (Å²) in [5, 5.41) is 6.24. The Hall–Kier alpha value is -3.04. The fourth-order valence-electron chi connectivity index (χ4n) is 2.39. The molecule has 1 amide bonds. The van der Waals surface area contributed by atoms with Gasteiger partial charge in [0.2, 0.25) is 10.0 Å². The van der Waals surface area contributed by atoms with E-state index in [0.29, 0.717) is 11.3 Å². The molecule has 0 aliphatic rings. The molecule has 0 aliphatic heterocycles. The van der Waals surface area contributed by atoms with Gasteiger partial charge in [-0.2, -0.15) is 0 Å². The van der Waals surface area contributed by atoms with Crippen molar-refractivity contribution < 1.29 is 22.1 Å². The van der Waals surface area contributed by atoms with Crippen molar-refractivity contribution in [2.75, 3.05) is 13.1 Å². The van der Waals surface area contributed by atoms with Crippen LogP contribution in [0.5, 0.6) is 0 Å². The number of carbonyl (C=O) groups excluding carboxylic acids is 1. The van der Waals surface area contributed by atoms with E-state index in [-0.39, 0.29) is 29.5 Å². The first-order valence-electron chi connectivity index (χ1n) is 8.42. The normalized spacial score (nSPS) is 11.4. The van der Waals surface area contributed by atoms with Crippen molar-refractivity contribution in [3.63, 3.8) is 0 Å². The summed E-state index contributed by atoms with van der Waals surface area (Å²) in [6.45, 7) is 1.96. The zero-order valence-electron chi connectivity index (χ0n) is 15.0. The number of aromatic nitrogens is 1. The van der Waals surface area contributed by atoms with Crippen molar-refractivity contribution in [2.24, 2.45) is 0 Å². The van der Waals surface area contributed by atoms with Crippen LogP contribution in [0.4, 0.5) is 4.39 Å². The molecule has 0 radical (unpaired) electrons. The van der Waals surface area contributed by atoms with Crippen molar-refractivity contribution in [1.29, 1.82) is 0 Å². The third kappa shape index (κ3) is 4.81. The number of rotatable bonds is 7. The van der Waals surface area contributed by atoms with Gasteiger partial charge in [-0.15, -0.1) is 0 Å². The predicted octanol–water partition coefficient (Wildman–Crippen LogP) is 2.50. The van der Waals surface area contributed by atoms with E-state index in [0.717, 1.165) is 5.56 Å². The Morgan fingerprint density at radius 1 is 1.07 bits per heavy atom. The number of aryl methyl sites for hydroxylation is 1. The van der Waals surface area contributed by atoms with E-state index in [9.17, 15) is 17.6 Å². The number of sulfonamides is 1. The maximum atomic E-state index is 13.0. The summed E-state index contributed by atoms with van der Waals surface area (Å²) in [7, 11) is -3.64. The van der Waals surface area contributed by atoms with Crippen molar-refractivity contribution in [2.45, 2.75) is 11.8 Å². The first kappa shape index (κ1) is 19.7. The fraction of sp³-hybridized carbons (Fsp3) is 0.158. The standard InChI is InChI=1S/C19H18FN3O4S/c1-13-2-8-16(9-3-13)28(25,26)22-11-10-21-19(24)17-12-18(27-23-17)14-4-6-15(20)7-5-14/h2-9,12,22H,10-11H2,1H3,(H,21,24). The summed E-state index contributed by atoms with van der Waals surface area (Å²) in [6.07, 6.45) is 0. The number of hydrogen-bond donors (Lipinski definition) is 2. The quantitative estimate of drug-likeness (QED) is 0.590. The Balaban J connectivity index is 1.52. The fourth-order valence-corrected chi connectivity index (χ4v) is 3.42. The topological polar surface area (TPSA) is 101 Å². The minimum atomic E-state index is -3.64. The largest absolute Gasteiger partial charge is 0.355 e. The van der Waals surface area contributed by atoms with Gasteiger partial charge in [0.05, 0.1) is 4.90 Å². The highest BCUT2D eigenvalue weighted by molar-refractivity contribution is 7.89. The molecule has 0 atom stereocenters. The zero-order chi connectivity index (χ0) is 20.1. The highest BCUT2D eigenvalue weighted by atomic mass is 32.2. The maximum absolute atomic E-state index is 13.0. The van der Waals surface area contributed by atoms with Crippen LogP contribution >= 0.6 is 0 Å². The van der Waals surface area contributed by atoms with Crippen LogP contribution in [0.2, 0.25) is 0 Å². The summed E-state index contributed by atoms with van der Waals surface area (Å²) < 4.78 is 44.8. The molecule has 0 saturated carbocycles. The molecule has 7 nitrogen and oxygen atoms in total.